The summed E-state index contributed by atoms with van der Waals surface area (Å²) in [5.41, 5.74) is 0. The molecule has 0 aromatic heterocycles. The first-order chi connectivity index (χ1) is 18.2. The highest BCUT2D eigenvalue weighted by molar-refractivity contribution is 8.77. The maximum absolute atomic E-state index is 12.2. The normalized spacial score (nSPS) is 12.3. The molecule has 0 spiro atoms. The SMILES string of the molecule is CCC(=O)OCCSSCCC(=O)NCCCCC(NC(=O)CCSSCCOC(=O)[C@@H](C)CC)C(C)=O. The lowest BCUT2D eigenvalue weighted by Gasteiger charge is -2.16. The van der Waals surface area contributed by atoms with E-state index in [0.29, 0.717) is 74.9 Å². The smallest absolute Gasteiger partial charge is 0.308 e. The quantitative estimate of drug-likeness (QED) is 0.0913. The topological polar surface area (TPSA) is 128 Å². The highest BCUT2D eigenvalue weighted by Crippen LogP contribution is 2.22. The van der Waals surface area contributed by atoms with Crippen molar-refractivity contribution < 1.29 is 33.4 Å². The van der Waals surface area contributed by atoms with Crippen molar-refractivity contribution in [2.75, 3.05) is 42.8 Å². The highest BCUT2D eigenvalue weighted by atomic mass is 33.1. The maximum Gasteiger partial charge on any atom is 0.308 e. The lowest BCUT2D eigenvalue weighted by Crippen LogP contribution is -2.40. The van der Waals surface area contributed by atoms with E-state index in [-0.39, 0.29) is 35.5 Å². The van der Waals surface area contributed by atoms with E-state index in [9.17, 15) is 24.0 Å². The molecule has 0 aliphatic carbocycles. The van der Waals surface area contributed by atoms with Gasteiger partial charge in [-0.1, -0.05) is 63.9 Å². The number of rotatable bonds is 24. The van der Waals surface area contributed by atoms with Crippen LogP contribution in [0.5, 0.6) is 0 Å². The number of ether oxygens (including phenoxy) is 2. The minimum absolute atomic E-state index is 0.0176. The van der Waals surface area contributed by atoms with Crippen molar-refractivity contribution in [2.24, 2.45) is 5.92 Å². The summed E-state index contributed by atoms with van der Waals surface area (Å²) in [6.45, 7) is 8.29. The molecular formula is C25H44N2O7S4. The average Bonchev–Trinajstić information content (AvgIpc) is 2.89. The van der Waals surface area contributed by atoms with Crippen LogP contribution in [0.1, 0.15) is 72.6 Å². The molecule has 0 aliphatic heterocycles. The summed E-state index contributed by atoms with van der Waals surface area (Å²) in [5.74, 6) is 1.93. The first kappa shape index (κ1) is 37.0. The lowest BCUT2D eigenvalue weighted by molar-refractivity contribution is -0.147. The fourth-order valence-corrected chi connectivity index (χ4v) is 6.35. The van der Waals surface area contributed by atoms with Crippen LogP contribution < -0.4 is 10.6 Å². The molecule has 9 nitrogen and oxygen atoms in total. The van der Waals surface area contributed by atoms with Gasteiger partial charge in [-0.05, 0) is 32.6 Å². The summed E-state index contributed by atoms with van der Waals surface area (Å²) in [5, 5.41) is 5.69. The molecule has 0 aromatic rings. The van der Waals surface area contributed by atoms with E-state index in [2.05, 4.69) is 10.6 Å². The molecule has 0 bridgehead atoms. The molecule has 2 atom stereocenters. The van der Waals surface area contributed by atoms with Crippen molar-refractivity contribution in [1.29, 1.82) is 0 Å². The van der Waals surface area contributed by atoms with Gasteiger partial charge in [-0.2, -0.15) is 0 Å². The minimum atomic E-state index is -0.513. The molecule has 0 saturated heterocycles. The zero-order chi connectivity index (χ0) is 28.6. The summed E-state index contributed by atoms with van der Waals surface area (Å²) < 4.78 is 10.2. The second kappa shape index (κ2) is 25.0. The van der Waals surface area contributed by atoms with Crippen molar-refractivity contribution >= 4 is 72.7 Å². The van der Waals surface area contributed by atoms with Crippen molar-refractivity contribution in [2.45, 2.75) is 78.7 Å². The Morgan fingerprint density at radius 1 is 0.789 bits per heavy atom. The summed E-state index contributed by atoms with van der Waals surface area (Å²) in [6, 6.07) is -0.513. The van der Waals surface area contributed by atoms with Crippen LogP contribution in [0.15, 0.2) is 0 Å². The van der Waals surface area contributed by atoms with Crippen molar-refractivity contribution in [3.05, 3.63) is 0 Å². The number of nitrogens with one attached hydrogen (secondary N) is 2. The maximum atomic E-state index is 12.2. The monoisotopic (exact) mass is 612 g/mol. The van der Waals surface area contributed by atoms with Gasteiger partial charge in [0.05, 0.1) is 12.0 Å². The molecule has 38 heavy (non-hydrogen) atoms. The summed E-state index contributed by atoms with van der Waals surface area (Å²) >= 11 is 0. The van der Waals surface area contributed by atoms with E-state index in [0.717, 1.165) is 12.8 Å². The van der Waals surface area contributed by atoms with Gasteiger partial charge in [0.2, 0.25) is 11.8 Å². The van der Waals surface area contributed by atoms with E-state index in [1.54, 1.807) is 50.1 Å². The van der Waals surface area contributed by atoms with Gasteiger partial charge in [-0.25, -0.2) is 0 Å². The van der Waals surface area contributed by atoms with Gasteiger partial charge in [-0.15, -0.1) is 0 Å². The van der Waals surface area contributed by atoms with Crippen LogP contribution >= 0.6 is 43.2 Å². The number of Topliss-reactive ketones (excluding diaryl/α,β-unsaturated/α-hetero) is 1. The molecule has 2 amide bonds. The van der Waals surface area contributed by atoms with Crippen LogP contribution in [0.2, 0.25) is 0 Å². The zero-order valence-corrected chi connectivity index (χ0v) is 26.3. The number of amides is 2. The van der Waals surface area contributed by atoms with Crippen LogP contribution in [0, 0.1) is 5.92 Å². The Kier molecular flexibility index (Phi) is 24.3. The summed E-state index contributed by atoms with van der Waals surface area (Å²) in [6.07, 6.45) is 3.84. The first-order valence-electron chi connectivity index (χ1n) is 13.1. The van der Waals surface area contributed by atoms with Gasteiger partial charge in [-0.3, -0.25) is 24.0 Å². The van der Waals surface area contributed by atoms with Gasteiger partial charge < -0.3 is 20.1 Å². The van der Waals surface area contributed by atoms with Crippen molar-refractivity contribution in [3.8, 4) is 0 Å². The number of esters is 2. The largest absolute Gasteiger partial charge is 0.465 e. The van der Waals surface area contributed by atoms with Crippen LogP contribution in [0.4, 0.5) is 0 Å². The van der Waals surface area contributed by atoms with E-state index >= 15 is 0 Å². The molecule has 1 unspecified atom stereocenters. The number of hydrogen-bond acceptors (Lipinski definition) is 11. The third-order valence-electron chi connectivity index (χ3n) is 5.20. The Bertz CT molecular complexity index is 713. The van der Waals surface area contributed by atoms with Gasteiger partial charge in [0.15, 0.2) is 5.78 Å². The van der Waals surface area contributed by atoms with Crippen LogP contribution in [0.25, 0.3) is 0 Å². The van der Waals surface area contributed by atoms with Gasteiger partial charge >= 0.3 is 11.9 Å². The van der Waals surface area contributed by atoms with Gasteiger partial charge in [0.1, 0.15) is 13.2 Å². The van der Waals surface area contributed by atoms with Crippen molar-refractivity contribution in [1.82, 2.24) is 10.6 Å². The Balaban J connectivity index is 3.80. The molecule has 0 heterocycles. The predicted octanol–water partition coefficient (Wildman–Crippen LogP) is 4.43. The Labute approximate surface area is 243 Å². The minimum Gasteiger partial charge on any atom is -0.465 e. The molecular weight excluding hydrogens is 569 g/mol. The third-order valence-corrected chi connectivity index (χ3v) is 9.94. The highest BCUT2D eigenvalue weighted by Gasteiger charge is 2.16. The molecule has 0 radical (unpaired) electrons. The molecule has 220 valence electrons. The fourth-order valence-electron chi connectivity index (χ4n) is 2.71. The number of unbranched alkanes of at least 4 members (excludes halogenated alkanes) is 1. The first-order valence-corrected chi connectivity index (χ1v) is 18.1. The van der Waals surface area contributed by atoms with Crippen LogP contribution in [-0.2, 0) is 33.4 Å². The molecule has 0 saturated carbocycles. The standard InChI is InChI=1S/C25H44N2O7S4/c1-5-19(3)25(32)34-14-18-38-36-16-11-23(30)27-21(20(4)28)9-7-8-12-26-22(29)10-15-35-37-17-13-33-24(31)6-2/h19,21H,5-18H2,1-4H3,(H,26,29)(H,27,30)/t19-,21?/m0/s1. The van der Waals surface area contributed by atoms with Crippen LogP contribution in [0.3, 0.4) is 0 Å². The number of carbonyl (C=O) groups excluding carboxylic acids is 5. The van der Waals surface area contributed by atoms with Crippen molar-refractivity contribution in [3.63, 3.8) is 0 Å². The molecule has 0 fully saturated rings. The third kappa shape index (κ3) is 21.8. The summed E-state index contributed by atoms with van der Waals surface area (Å²) in [4.78, 5) is 58.7. The molecule has 0 rings (SSSR count). The van der Waals surface area contributed by atoms with Gasteiger partial charge in [0.25, 0.3) is 0 Å². The van der Waals surface area contributed by atoms with Crippen LogP contribution in [-0.4, -0.2) is 78.3 Å². The fraction of sp³-hybridized carbons (Fsp3) is 0.800. The number of ketones is 1. The lowest BCUT2D eigenvalue weighted by atomic mass is 10.1. The Hall–Kier alpha value is -1.05. The van der Waals surface area contributed by atoms with E-state index in [1.807, 2.05) is 13.8 Å². The summed E-state index contributed by atoms with van der Waals surface area (Å²) in [7, 11) is 6.25. The Morgan fingerprint density at radius 2 is 1.37 bits per heavy atom. The van der Waals surface area contributed by atoms with Gasteiger partial charge in [0, 0.05) is 48.8 Å². The number of carbonyl (C=O) groups is 5. The zero-order valence-electron chi connectivity index (χ0n) is 23.0. The van der Waals surface area contributed by atoms with E-state index in [1.165, 1.54) is 6.92 Å². The molecule has 13 heteroatoms. The molecule has 0 aromatic carbocycles. The second-order valence-electron chi connectivity index (χ2n) is 8.42. The molecule has 2 N–H and O–H groups in total. The number of hydrogen-bond donors (Lipinski definition) is 2. The average molecular weight is 613 g/mol. The van der Waals surface area contributed by atoms with E-state index in [4.69, 9.17) is 9.47 Å². The van der Waals surface area contributed by atoms with E-state index < -0.39 is 6.04 Å². The molecule has 0 aliphatic rings. The Morgan fingerprint density at radius 3 is 1.95 bits per heavy atom. The second-order valence-corrected chi connectivity index (χ2v) is 13.8. The predicted molar refractivity (Wildman–Crippen MR) is 160 cm³/mol.